The second kappa shape index (κ2) is 6.23. The van der Waals surface area contributed by atoms with Crippen LogP contribution < -0.4 is 10.1 Å². The van der Waals surface area contributed by atoms with Crippen LogP contribution in [0.2, 0.25) is 0 Å². The van der Waals surface area contributed by atoms with Gasteiger partial charge in [-0.1, -0.05) is 0 Å². The number of carbonyl (C=O) groups excluding carboxylic acids is 2. The van der Waals surface area contributed by atoms with Crippen molar-refractivity contribution in [2.75, 3.05) is 40.8 Å². The van der Waals surface area contributed by atoms with E-state index in [1.165, 1.54) is 16.2 Å². The van der Waals surface area contributed by atoms with Crippen molar-refractivity contribution in [1.29, 1.82) is 0 Å². The topological polar surface area (TPSA) is 61.9 Å². The van der Waals surface area contributed by atoms with Crippen molar-refractivity contribution in [3.8, 4) is 5.75 Å². The van der Waals surface area contributed by atoms with Gasteiger partial charge < -0.3 is 19.9 Å². The molecule has 110 valence electrons. The average Bonchev–Trinajstić information content (AvgIpc) is 2.94. The molecular formula is C13H19N3O3S. The molecule has 0 saturated carbocycles. The van der Waals surface area contributed by atoms with Crippen LogP contribution in [-0.4, -0.2) is 68.5 Å². The van der Waals surface area contributed by atoms with Crippen LogP contribution in [0.1, 0.15) is 9.67 Å². The Morgan fingerprint density at radius 3 is 2.90 bits per heavy atom. The highest BCUT2D eigenvalue weighted by Crippen LogP contribution is 2.27. The van der Waals surface area contributed by atoms with E-state index in [1.54, 1.807) is 32.2 Å². The van der Waals surface area contributed by atoms with Gasteiger partial charge in [0.2, 0.25) is 5.91 Å². The van der Waals surface area contributed by atoms with E-state index in [1.807, 2.05) is 5.38 Å². The number of nitrogens with zero attached hydrogens (tertiary/aromatic N) is 2. The number of piperazine rings is 1. The third-order valence-electron chi connectivity index (χ3n) is 3.27. The number of hydrogen-bond donors (Lipinski definition) is 1. The Morgan fingerprint density at radius 1 is 1.50 bits per heavy atom. The maximum Gasteiger partial charge on any atom is 0.268 e. The summed E-state index contributed by atoms with van der Waals surface area (Å²) in [6.07, 6.45) is 0. The molecule has 1 unspecified atom stereocenters. The van der Waals surface area contributed by atoms with Crippen LogP contribution in [0.25, 0.3) is 0 Å². The largest absolute Gasteiger partial charge is 0.495 e. The van der Waals surface area contributed by atoms with Crippen LogP contribution >= 0.6 is 11.3 Å². The standard InChI is InChI=1S/C13H19N3O3S/c1-15(2)12(17)9-8-14-5-6-16(9)13(18)11-10(19-3)4-7-20-11/h4,7,9,14H,5-6,8H2,1-3H3. The first-order chi connectivity index (χ1) is 9.56. The number of nitrogens with one attached hydrogen (secondary N) is 1. The van der Waals surface area contributed by atoms with Crippen molar-refractivity contribution >= 4 is 23.2 Å². The van der Waals surface area contributed by atoms with Gasteiger partial charge in [0.1, 0.15) is 16.7 Å². The van der Waals surface area contributed by atoms with Crippen LogP contribution in [-0.2, 0) is 4.79 Å². The molecule has 0 aliphatic carbocycles. The van der Waals surface area contributed by atoms with Gasteiger partial charge >= 0.3 is 0 Å². The molecule has 0 bridgehead atoms. The van der Waals surface area contributed by atoms with E-state index >= 15 is 0 Å². The summed E-state index contributed by atoms with van der Waals surface area (Å²) in [5.74, 6) is 0.356. The molecule has 1 fully saturated rings. The van der Waals surface area contributed by atoms with Crippen LogP contribution in [0.3, 0.4) is 0 Å². The van der Waals surface area contributed by atoms with Crippen molar-refractivity contribution in [3.63, 3.8) is 0 Å². The zero-order chi connectivity index (χ0) is 14.7. The van der Waals surface area contributed by atoms with Gasteiger partial charge in [-0.2, -0.15) is 0 Å². The first-order valence-electron chi connectivity index (χ1n) is 6.40. The van der Waals surface area contributed by atoms with Crippen LogP contribution in [0.15, 0.2) is 11.4 Å². The molecule has 7 heteroatoms. The lowest BCUT2D eigenvalue weighted by Crippen LogP contribution is -2.59. The van der Waals surface area contributed by atoms with Gasteiger partial charge in [-0.25, -0.2) is 0 Å². The molecule has 0 spiro atoms. The first-order valence-corrected chi connectivity index (χ1v) is 7.28. The lowest BCUT2D eigenvalue weighted by Gasteiger charge is -2.36. The monoisotopic (exact) mass is 297 g/mol. The van der Waals surface area contributed by atoms with Crippen molar-refractivity contribution in [2.45, 2.75) is 6.04 Å². The van der Waals surface area contributed by atoms with E-state index in [2.05, 4.69) is 5.32 Å². The molecule has 20 heavy (non-hydrogen) atoms. The normalized spacial score (nSPS) is 18.8. The molecule has 0 aromatic carbocycles. The summed E-state index contributed by atoms with van der Waals surface area (Å²) in [4.78, 5) is 28.5. The van der Waals surface area contributed by atoms with Gasteiger partial charge in [0.05, 0.1) is 7.11 Å². The second-order valence-electron chi connectivity index (χ2n) is 4.77. The third-order valence-corrected chi connectivity index (χ3v) is 4.16. The molecule has 1 atom stereocenters. The maximum atomic E-state index is 12.6. The van der Waals surface area contributed by atoms with E-state index < -0.39 is 6.04 Å². The Labute approximate surface area is 122 Å². The van der Waals surface area contributed by atoms with Crippen LogP contribution in [0.5, 0.6) is 5.75 Å². The number of amides is 2. The summed E-state index contributed by atoms with van der Waals surface area (Å²) in [5.41, 5.74) is 0. The van der Waals surface area contributed by atoms with Crippen molar-refractivity contribution < 1.29 is 14.3 Å². The number of hydrogen-bond acceptors (Lipinski definition) is 5. The molecule has 1 aliphatic heterocycles. The highest BCUT2D eigenvalue weighted by atomic mass is 32.1. The lowest BCUT2D eigenvalue weighted by molar-refractivity contribution is -0.134. The molecule has 1 aliphatic rings. The maximum absolute atomic E-state index is 12.6. The molecule has 2 amide bonds. The number of rotatable bonds is 3. The van der Waals surface area contributed by atoms with Crippen molar-refractivity contribution in [3.05, 3.63) is 16.3 Å². The molecule has 2 heterocycles. The number of likely N-dealkylation sites (N-methyl/N-ethyl adjacent to an activating group) is 1. The highest BCUT2D eigenvalue weighted by molar-refractivity contribution is 7.12. The molecule has 0 radical (unpaired) electrons. The summed E-state index contributed by atoms with van der Waals surface area (Å²) in [6.45, 7) is 1.69. The minimum Gasteiger partial charge on any atom is -0.495 e. The molecule has 1 aromatic rings. The zero-order valence-corrected chi connectivity index (χ0v) is 12.7. The molecule has 1 saturated heterocycles. The number of ether oxygens (including phenoxy) is 1. The summed E-state index contributed by atoms with van der Waals surface area (Å²) in [7, 11) is 4.94. The van der Waals surface area contributed by atoms with E-state index in [0.29, 0.717) is 30.3 Å². The molecule has 2 rings (SSSR count). The van der Waals surface area contributed by atoms with Gasteiger partial charge in [-0.3, -0.25) is 9.59 Å². The quantitative estimate of drug-likeness (QED) is 0.869. The van der Waals surface area contributed by atoms with Crippen LogP contribution in [0.4, 0.5) is 0 Å². The Kier molecular flexibility index (Phi) is 4.61. The summed E-state index contributed by atoms with van der Waals surface area (Å²) >= 11 is 1.34. The van der Waals surface area contributed by atoms with E-state index in [4.69, 9.17) is 4.74 Å². The molecule has 1 N–H and O–H groups in total. The highest BCUT2D eigenvalue weighted by Gasteiger charge is 2.34. The summed E-state index contributed by atoms with van der Waals surface area (Å²) in [5, 5.41) is 4.98. The fourth-order valence-electron chi connectivity index (χ4n) is 2.21. The van der Waals surface area contributed by atoms with Gasteiger partial charge in [-0.05, 0) is 11.4 Å². The van der Waals surface area contributed by atoms with E-state index in [-0.39, 0.29) is 11.8 Å². The van der Waals surface area contributed by atoms with Gasteiger partial charge in [0, 0.05) is 33.7 Å². The second-order valence-corrected chi connectivity index (χ2v) is 5.69. The Hall–Kier alpha value is -1.60. The fraction of sp³-hybridized carbons (Fsp3) is 0.538. The predicted octanol–water partition coefficient (Wildman–Crippen LogP) is 0.259. The fourth-order valence-corrected chi connectivity index (χ4v) is 3.02. The van der Waals surface area contributed by atoms with E-state index in [9.17, 15) is 9.59 Å². The minimum absolute atomic E-state index is 0.0685. The first kappa shape index (κ1) is 14.8. The van der Waals surface area contributed by atoms with E-state index in [0.717, 1.165) is 0 Å². The lowest BCUT2D eigenvalue weighted by atomic mass is 10.1. The van der Waals surface area contributed by atoms with Gasteiger partial charge in [-0.15, -0.1) is 11.3 Å². The van der Waals surface area contributed by atoms with Crippen LogP contribution in [0, 0.1) is 0 Å². The number of methoxy groups -OCH3 is 1. The third kappa shape index (κ3) is 2.78. The Bertz CT molecular complexity index is 501. The number of carbonyl (C=O) groups is 2. The summed E-state index contributed by atoms with van der Waals surface area (Å²) < 4.78 is 5.19. The molecule has 1 aromatic heterocycles. The Balaban J connectivity index is 2.24. The smallest absolute Gasteiger partial charge is 0.268 e. The Morgan fingerprint density at radius 2 is 2.25 bits per heavy atom. The zero-order valence-electron chi connectivity index (χ0n) is 11.9. The van der Waals surface area contributed by atoms with Gasteiger partial charge in [0.25, 0.3) is 5.91 Å². The SMILES string of the molecule is COc1ccsc1C(=O)N1CCNCC1C(=O)N(C)C. The summed E-state index contributed by atoms with van der Waals surface area (Å²) in [6, 6.07) is 1.31. The predicted molar refractivity (Wildman–Crippen MR) is 77.3 cm³/mol. The van der Waals surface area contributed by atoms with Gasteiger partial charge in [0.15, 0.2) is 0 Å². The molecular weight excluding hydrogens is 278 g/mol. The average molecular weight is 297 g/mol. The minimum atomic E-state index is -0.460. The van der Waals surface area contributed by atoms with Crippen molar-refractivity contribution in [2.24, 2.45) is 0 Å². The van der Waals surface area contributed by atoms with Crippen molar-refractivity contribution in [1.82, 2.24) is 15.1 Å². The number of thiophene rings is 1. The molecule has 6 nitrogen and oxygen atoms in total.